The Morgan fingerprint density at radius 2 is 1.97 bits per heavy atom. The second-order valence-corrected chi connectivity index (χ2v) is 7.36. The van der Waals surface area contributed by atoms with E-state index in [9.17, 15) is 9.59 Å². The molecule has 30 heavy (non-hydrogen) atoms. The zero-order chi connectivity index (χ0) is 21.3. The van der Waals surface area contributed by atoms with Gasteiger partial charge in [0.15, 0.2) is 11.2 Å². The van der Waals surface area contributed by atoms with Crippen molar-refractivity contribution in [1.82, 2.24) is 19.1 Å². The molecule has 0 aliphatic rings. The number of nitrogens with one attached hydrogen (secondary N) is 2. The molecule has 0 amide bonds. The van der Waals surface area contributed by atoms with Gasteiger partial charge in [-0.25, -0.2) is 10.2 Å². The monoisotopic (exact) mass is 422 g/mol. The molecule has 8 nitrogen and oxygen atoms in total. The maximum atomic E-state index is 12.5. The minimum atomic E-state index is -0.533. The molecule has 2 aromatic carbocycles. The Bertz CT molecular complexity index is 1370. The van der Waals surface area contributed by atoms with Crippen LogP contribution in [-0.4, -0.2) is 25.3 Å². The first-order valence-corrected chi connectivity index (χ1v) is 9.60. The van der Waals surface area contributed by atoms with Crippen LogP contribution in [0.2, 0.25) is 5.02 Å². The van der Waals surface area contributed by atoms with E-state index < -0.39 is 11.2 Å². The standard InChI is InChI=1S/C21H19ClN6O2/c1-13-6-8-14(9-7-13)11-23-26-20-24-18-17(19(29)25-21(30)27(18)2)28(20)12-15-4-3-5-16(22)10-15/h3-11H,12H2,1-2H3,(H,24,26)(H,25,29,30)/b23-11-. The predicted molar refractivity (Wildman–Crippen MR) is 119 cm³/mol. The van der Waals surface area contributed by atoms with Crippen LogP contribution in [0.5, 0.6) is 0 Å². The molecule has 4 rings (SSSR count). The first-order valence-electron chi connectivity index (χ1n) is 9.22. The maximum absolute atomic E-state index is 12.5. The van der Waals surface area contributed by atoms with Crippen molar-refractivity contribution in [2.24, 2.45) is 12.1 Å². The van der Waals surface area contributed by atoms with Gasteiger partial charge in [0.05, 0.1) is 12.8 Å². The van der Waals surface area contributed by atoms with Crippen LogP contribution < -0.4 is 16.7 Å². The Morgan fingerprint density at radius 1 is 1.20 bits per heavy atom. The molecule has 0 aliphatic heterocycles. The summed E-state index contributed by atoms with van der Waals surface area (Å²) < 4.78 is 2.96. The highest BCUT2D eigenvalue weighted by atomic mass is 35.5. The molecule has 0 saturated heterocycles. The molecule has 0 radical (unpaired) electrons. The van der Waals surface area contributed by atoms with Gasteiger partial charge in [0.25, 0.3) is 5.56 Å². The number of hydrogen-bond acceptors (Lipinski definition) is 5. The first-order chi connectivity index (χ1) is 14.4. The molecule has 0 atom stereocenters. The molecule has 0 fully saturated rings. The lowest BCUT2D eigenvalue weighted by molar-refractivity contribution is 0.808. The van der Waals surface area contributed by atoms with Crippen molar-refractivity contribution in [2.45, 2.75) is 13.5 Å². The summed E-state index contributed by atoms with van der Waals surface area (Å²) >= 11 is 6.11. The number of imidazole rings is 1. The van der Waals surface area contributed by atoms with Gasteiger partial charge in [-0.15, -0.1) is 0 Å². The quantitative estimate of drug-likeness (QED) is 0.381. The topological polar surface area (TPSA) is 97.1 Å². The zero-order valence-electron chi connectivity index (χ0n) is 16.4. The number of aromatic nitrogens is 4. The number of halogens is 1. The van der Waals surface area contributed by atoms with Gasteiger partial charge in [-0.05, 0) is 30.2 Å². The van der Waals surface area contributed by atoms with E-state index in [2.05, 4.69) is 20.5 Å². The lowest BCUT2D eigenvalue weighted by Crippen LogP contribution is -2.29. The number of fused-ring (bicyclic) bond motifs is 1. The number of aromatic amines is 1. The fourth-order valence-electron chi connectivity index (χ4n) is 3.11. The Labute approximate surface area is 176 Å². The van der Waals surface area contributed by atoms with Crippen LogP contribution in [0, 0.1) is 6.92 Å². The third kappa shape index (κ3) is 3.90. The van der Waals surface area contributed by atoms with Crippen LogP contribution >= 0.6 is 11.6 Å². The molecule has 9 heteroatoms. The summed E-state index contributed by atoms with van der Waals surface area (Å²) in [6.45, 7) is 2.33. The third-order valence-corrected chi connectivity index (χ3v) is 4.93. The Morgan fingerprint density at radius 3 is 2.70 bits per heavy atom. The van der Waals surface area contributed by atoms with Crippen LogP contribution in [0.1, 0.15) is 16.7 Å². The van der Waals surface area contributed by atoms with Gasteiger partial charge >= 0.3 is 5.69 Å². The minimum Gasteiger partial charge on any atom is -0.298 e. The lowest BCUT2D eigenvalue weighted by Gasteiger charge is -2.08. The van der Waals surface area contributed by atoms with Crippen molar-refractivity contribution in [3.05, 3.63) is 91.1 Å². The summed E-state index contributed by atoms with van der Waals surface area (Å²) in [4.78, 5) is 31.3. The van der Waals surface area contributed by atoms with E-state index in [1.54, 1.807) is 23.9 Å². The predicted octanol–water partition coefficient (Wildman–Crippen LogP) is 2.88. The zero-order valence-corrected chi connectivity index (χ0v) is 17.1. The Hall–Kier alpha value is -3.65. The molecular formula is C21H19ClN6O2. The number of anilines is 1. The third-order valence-electron chi connectivity index (χ3n) is 4.69. The molecule has 0 unspecified atom stereocenters. The molecule has 2 heterocycles. The van der Waals surface area contributed by atoms with E-state index in [4.69, 9.17) is 11.6 Å². The van der Waals surface area contributed by atoms with Crippen molar-refractivity contribution >= 4 is 34.9 Å². The fourth-order valence-corrected chi connectivity index (χ4v) is 3.32. The van der Waals surface area contributed by atoms with Crippen molar-refractivity contribution in [2.75, 3.05) is 5.43 Å². The van der Waals surface area contributed by atoms with Gasteiger partial charge < -0.3 is 0 Å². The summed E-state index contributed by atoms with van der Waals surface area (Å²) in [5, 5.41) is 4.84. The fraction of sp³-hybridized carbons (Fsp3) is 0.143. The van der Waals surface area contributed by atoms with Crippen molar-refractivity contribution < 1.29 is 0 Å². The highest BCUT2D eigenvalue weighted by Crippen LogP contribution is 2.19. The highest BCUT2D eigenvalue weighted by molar-refractivity contribution is 6.30. The van der Waals surface area contributed by atoms with E-state index in [1.165, 1.54) is 4.57 Å². The number of benzene rings is 2. The number of hydrazone groups is 1. The molecule has 0 bridgehead atoms. The summed E-state index contributed by atoms with van der Waals surface area (Å²) in [6, 6.07) is 15.2. The van der Waals surface area contributed by atoms with E-state index >= 15 is 0 Å². The average molecular weight is 423 g/mol. The van der Waals surface area contributed by atoms with Crippen LogP contribution in [0.25, 0.3) is 11.2 Å². The van der Waals surface area contributed by atoms with Gasteiger partial charge in [-0.3, -0.25) is 18.9 Å². The number of aryl methyl sites for hydroxylation is 2. The van der Waals surface area contributed by atoms with Crippen LogP contribution in [-0.2, 0) is 13.6 Å². The van der Waals surface area contributed by atoms with Gasteiger partial charge in [0.2, 0.25) is 5.95 Å². The van der Waals surface area contributed by atoms with Gasteiger partial charge in [0, 0.05) is 12.1 Å². The van der Waals surface area contributed by atoms with E-state index in [0.29, 0.717) is 17.5 Å². The number of nitrogens with zero attached hydrogens (tertiary/aromatic N) is 4. The molecule has 0 aliphatic carbocycles. The largest absolute Gasteiger partial charge is 0.329 e. The molecular weight excluding hydrogens is 404 g/mol. The second kappa shape index (κ2) is 8.00. The second-order valence-electron chi connectivity index (χ2n) is 6.92. The van der Waals surface area contributed by atoms with E-state index in [1.807, 2.05) is 49.4 Å². The molecule has 0 saturated carbocycles. The van der Waals surface area contributed by atoms with E-state index in [-0.39, 0.29) is 11.2 Å². The average Bonchev–Trinajstić information content (AvgIpc) is 3.07. The summed E-state index contributed by atoms with van der Waals surface area (Å²) in [6.07, 6.45) is 1.66. The van der Waals surface area contributed by atoms with Crippen LogP contribution in [0.4, 0.5) is 5.95 Å². The van der Waals surface area contributed by atoms with Crippen LogP contribution in [0.15, 0.2) is 63.2 Å². The van der Waals surface area contributed by atoms with Crippen molar-refractivity contribution in [3.8, 4) is 0 Å². The maximum Gasteiger partial charge on any atom is 0.329 e. The highest BCUT2D eigenvalue weighted by Gasteiger charge is 2.17. The summed E-state index contributed by atoms with van der Waals surface area (Å²) in [7, 11) is 1.55. The van der Waals surface area contributed by atoms with Gasteiger partial charge in [0.1, 0.15) is 0 Å². The smallest absolute Gasteiger partial charge is 0.298 e. The van der Waals surface area contributed by atoms with Crippen molar-refractivity contribution in [3.63, 3.8) is 0 Å². The molecule has 2 N–H and O–H groups in total. The molecule has 0 spiro atoms. The van der Waals surface area contributed by atoms with Crippen molar-refractivity contribution in [1.29, 1.82) is 0 Å². The van der Waals surface area contributed by atoms with Gasteiger partial charge in [-0.1, -0.05) is 53.6 Å². The van der Waals surface area contributed by atoms with E-state index in [0.717, 1.165) is 16.7 Å². The summed E-state index contributed by atoms with van der Waals surface area (Å²) in [5.41, 5.74) is 5.32. The molecule has 152 valence electrons. The Balaban J connectivity index is 1.78. The minimum absolute atomic E-state index is 0.263. The normalized spacial score (nSPS) is 11.4. The molecule has 4 aromatic rings. The number of rotatable bonds is 5. The number of H-pyrrole nitrogens is 1. The Kier molecular flexibility index (Phi) is 5.24. The SMILES string of the molecule is Cc1ccc(/C=N\Nc2nc3c(c(=O)[nH]c(=O)n3C)n2Cc2cccc(Cl)c2)cc1. The first kappa shape index (κ1) is 19.7. The molecule has 2 aromatic heterocycles. The van der Waals surface area contributed by atoms with Gasteiger partial charge in [-0.2, -0.15) is 10.1 Å². The lowest BCUT2D eigenvalue weighted by atomic mass is 10.2. The number of hydrogen-bond donors (Lipinski definition) is 2. The van der Waals surface area contributed by atoms with Crippen LogP contribution in [0.3, 0.4) is 0 Å². The summed E-state index contributed by atoms with van der Waals surface area (Å²) in [5.74, 6) is 0.333.